The summed E-state index contributed by atoms with van der Waals surface area (Å²) in [5.74, 6) is 0.692. The molecule has 0 N–H and O–H groups in total. The number of aromatic nitrogens is 4. The van der Waals surface area contributed by atoms with E-state index in [4.69, 9.17) is 0 Å². The van der Waals surface area contributed by atoms with Gasteiger partial charge in [-0.05, 0) is 32.3 Å². The van der Waals surface area contributed by atoms with Crippen molar-refractivity contribution in [1.29, 1.82) is 5.26 Å². The third-order valence-corrected chi connectivity index (χ3v) is 4.73. The van der Waals surface area contributed by atoms with Gasteiger partial charge in [0, 0.05) is 24.7 Å². The van der Waals surface area contributed by atoms with Crippen molar-refractivity contribution in [2.45, 2.75) is 45.7 Å². The van der Waals surface area contributed by atoms with E-state index in [1.807, 2.05) is 20.2 Å². The van der Waals surface area contributed by atoms with Gasteiger partial charge in [-0.25, -0.2) is 4.98 Å². The molecule has 4 rings (SSSR count). The Morgan fingerprint density at radius 2 is 2.09 bits per heavy atom. The van der Waals surface area contributed by atoms with Gasteiger partial charge in [0.05, 0.1) is 24.3 Å². The number of anilines is 1. The molecule has 6 nitrogen and oxygen atoms in total. The molecular weight excluding hydrogens is 276 g/mol. The van der Waals surface area contributed by atoms with Crippen molar-refractivity contribution in [2.75, 3.05) is 11.4 Å². The van der Waals surface area contributed by atoms with Crippen LogP contribution in [0.15, 0.2) is 6.33 Å². The van der Waals surface area contributed by atoms with E-state index in [2.05, 4.69) is 30.7 Å². The molecule has 0 bridgehead atoms. The Morgan fingerprint density at radius 3 is 2.82 bits per heavy atom. The van der Waals surface area contributed by atoms with Crippen LogP contribution in [-0.4, -0.2) is 26.3 Å². The van der Waals surface area contributed by atoms with E-state index in [1.165, 1.54) is 18.5 Å². The zero-order valence-electron chi connectivity index (χ0n) is 12.9. The molecule has 0 radical (unpaired) electrons. The molecule has 112 valence electrons. The third-order valence-electron chi connectivity index (χ3n) is 4.73. The SMILES string of the molecule is Cc1nnc(N2CCc3c(ncn3C3CC3)C2)c(C#N)c1C. The predicted molar refractivity (Wildman–Crippen MR) is 81.5 cm³/mol. The van der Waals surface area contributed by atoms with Crippen LogP contribution in [0.3, 0.4) is 0 Å². The molecule has 1 fully saturated rings. The summed E-state index contributed by atoms with van der Waals surface area (Å²) in [6.07, 6.45) is 5.47. The summed E-state index contributed by atoms with van der Waals surface area (Å²) in [5.41, 5.74) is 4.84. The highest BCUT2D eigenvalue weighted by molar-refractivity contribution is 5.58. The molecule has 1 aliphatic carbocycles. The first-order valence-electron chi connectivity index (χ1n) is 7.72. The number of rotatable bonds is 2. The molecule has 3 heterocycles. The van der Waals surface area contributed by atoms with Crippen LogP contribution in [0.2, 0.25) is 0 Å². The van der Waals surface area contributed by atoms with Crippen LogP contribution in [0.4, 0.5) is 5.82 Å². The van der Waals surface area contributed by atoms with E-state index in [9.17, 15) is 5.26 Å². The lowest BCUT2D eigenvalue weighted by Gasteiger charge is -2.28. The van der Waals surface area contributed by atoms with Crippen LogP contribution in [0.25, 0.3) is 0 Å². The number of hydrogen-bond acceptors (Lipinski definition) is 5. The van der Waals surface area contributed by atoms with Crippen molar-refractivity contribution in [3.63, 3.8) is 0 Å². The predicted octanol–water partition coefficient (Wildman–Crippen LogP) is 2.06. The fourth-order valence-corrected chi connectivity index (χ4v) is 3.13. The highest BCUT2D eigenvalue weighted by atomic mass is 15.3. The summed E-state index contributed by atoms with van der Waals surface area (Å²) >= 11 is 0. The van der Waals surface area contributed by atoms with Gasteiger partial charge in [-0.3, -0.25) is 0 Å². The van der Waals surface area contributed by atoms with E-state index in [0.717, 1.165) is 29.9 Å². The Hall–Kier alpha value is -2.42. The lowest BCUT2D eigenvalue weighted by Crippen LogP contribution is -2.33. The van der Waals surface area contributed by atoms with Gasteiger partial charge < -0.3 is 9.47 Å². The van der Waals surface area contributed by atoms with Gasteiger partial charge in [0.2, 0.25) is 0 Å². The van der Waals surface area contributed by atoms with E-state index in [-0.39, 0.29) is 0 Å². The largest absolute Gasteiger partial charge is 0.348 e. The van der Waals surface area contributed by atoms with Gasteiger partial charge >= 0.3 is 0 Å². The quantitative estimate of drug-likeness (QED) is 0.848. The maximum Gasteiger partial charge on any atom is 0.169 e. The van der Waals surface area contributed by atoms with Crippen LogP contribution >= 0.6 is 0 Å². The van der Waals surface area contributed by atoms with Gasteiger partial charge in [0.25, 0.3) is 0 Å². The molecule has 0 atom stereocenters. The van der Waals surface area contributed by atoms with Crippen LogP contribution in [0.5, 0.6) is 0 Å². The van der Waals surface area contributed by atoms with Crippen molar-refractivity contribution in [3.8, 4) is 6.07 Å². The minimum Gasteiger partial charge on any atom is -0.348 e. The molecule has 2 aliphatic rings. The highest BCUT2D eigenvalue weighted by Crippen LogP contribution is 2.37. The van der Waals surface area contributed by atoms with Gasteiger partial charge in [0.1, 0.15) is 11.6 Å². The number of imidazole rings is 1. The summed E-state index contributed by atoms with van der Waals surface area (Å²) in [4.78, 5) is 6.71. The summed E-state index contributed by atoms with van der Waals surface area (Å²) in [6.45, 7) is 5.39. The van der Waals surface area contributed by atoms with Crippen LogP contribution < -0.4 is 4.90 Å². The minimum absolute atomic E-state index is 0.637. The van der Waals surface area contributed by atoms with E-state index in [0.29, 0.717) is 24.0 Å². The van der Waals surface area contributed by atoms with Gasteiger partial charge in [-0.1, -0.05) is 0 Å². The third kappa shape index (κ3) is 1.97. The Morgan fingerprint density at radius 1 is 1.27 bits per heavy atom. The van der Waals surface area contributed by atoms with Gasteiger partial charge in [-0.2, -0.15) is 10.4 Å². The fourth-order valence-electron chi connectivity index (χ4n) is 3.13. The molecule has 0 saturated heterocycles. The lowest BCUT2D eigenvalue weighted by molar-refractivity contribution is 0.634. The topological polar surface area (TPSA) is 70.6 Å². The maximum absolute atomic E-state index is 9.47. The minimum atomic E-state index is 0.637. The molecule has 2 aromatic rings. The van der Waals surface area contributed by atoms with Crippen LogP contribution in [-0.2, 0) is 13.0 Å². The van der Waals surface area contributed by atoms with Crippen LogP contribution in [0, 0.1) is 25.2 Å². The first-order valence-corrected chi connectivity index (χ1v) is 7.72. The highest BCUT2D eigenvalue weighted by Gasteiger charge is 2.30. The average molecular weight is 294 g/mol. The van der Waals surface area contributed by atoms with E-state index < -0.39 is 0 Å². The Balaban J connectivity index is 1.68. The molecule has 1 aliphatic heterocycles. The van der Waals surface area contributed by atoms with E-state index in [1.54, 1.807) is 0 Å². The molecule has 22 heavy (non-hydrogen) atoms. The fraction of sp³-hybridized carbons (Fsp3) is 0.500. The van der Waals surface area contributed by atoms with E-state index >= 15 is 0 Å². The first-order chi connectivity index (χ1) is 10.7. The molecule has 6 heteroatoms. The molecule has 1 saturated carbocycles. The second-order valence-corrected chi connectivity index (χ2v) is 6.17. The smallest absolute Gasteiger partial charge is 0.169 e. The van der Waals surface area contributed by atoms with Gasteiger partial charge in [-0.15, -0.1) is 5.10 Å². The summed E-state index contributed by atoms with van der Waals surface area (Å²) in [6, 6.07) is 2.96. The molecule has 0 spiro atoms. The Labute approximate surface area is 129 Å². The second-order valence-electron chi connectivity index (χ2n) is 6.17. The molecule has 0 amide bonds. The van der Waals surface area contributed by atoms with Crippen LogP contribution in [0.1, 0.15) is 47.1 Å². The maximum atomic E-state index is 9.47. The molecule has 2 aromatic heterocycles. The van der Waals surface area contributed by atoms with Crippen molar-refractivity contribution in [3.05, 3.63) is 34.5 Å². The number of aryl methyl sites for hydroxylation is 1. The van der Waals surface area contributed by atoms with Gasteiger partial charge in [0.15, 0.2) is 5.82 Å². The number of nitriles is 1. The zero-order valence-corrected chi connectivity index (χ0v) is 12.9. The second kappa shape index (κ2) is 4.80. The van der Waals surface area contributed by atoms with Crippen molar-refractivity contribution < 1.29 is 0 Å². The zero-order chi connectivity index (χ0) is 15.3. The molecular formula is C16H18N6. The number of nitrogens with zero attached hydrogens (tertiary/aromatic N) is 6. The summed E-state index contributed by atoms with van der Waals surface area (Å²) in [5, 5.41) is 17.9. The normalized spacial score (nSPS) is 17.2. The number of hydrogen-bond donors (Lipinski definition) is 0. The first kappa shape index (κ1) is 13.3. The summed E-state index contributed by atoms with van der Waals surface area (Å²) < 4.78 is 2.34. The Kier molecular flexibility index (Phi) is 2.89. The van der Waals surface area contributed by atoms with Crippen molar-refractivity contribution in [1.82, 2.24) is 19.7 Å². The molecule has 0 unspecified atom stereocenters. The van der Waals surface area contributed by atoms with Crippen molar-refractivity contribution in [2.24, 2.45) is 0 Å². The number of fused-ring (bicyclic) bond motifs is 1. The molecule has 0 aromatic carbocycles. The summed E-state index contributed by atoms with van der Waals surface area (Å²) in [7, 11) is 0. The average Bonchev–Trinajstić information content (AvgIpc) is 3.29. The lowest BCUT2D eigenvalue weighted by atomic mass is 10.1. The Bertz CT molecular complexity index is 781. The standard InChI is InChI=1S/C16H18N6/c1-10-11(2)19-20-16(13(10)7-17)21-6-5-15-14(8-21)18-9-22(15)12-3-4-12/h9,12H,3-6,8H2,1-2H3. The van der Waals surface area contributed by atoms with Crippen molar-refractivity contribution >= 4 is 5.82 Å². The monoisotopic (exact) mass is 294 g/mol.